The lowest BCUT2D eigenvalue weighted by molar-refractivity contribution is -0.141. The van der Waals surface area contributed by atoms with Crippen molar-refractivity contribution in [2.45, 2.75) is 18.4 Å². The minimum Gasteiger partial charge on any atom is -0.495 e. The van der Waals surface area contributed by atoms with Crippen LogP contribution in [0.3, 0.4) is 0 Å². The second-order valence-electron chi connectivity index (χ2n) is 6.07. The maximum atomic E-state index is 12.9. The van der Waals surface area contributed by atoms with Crippen molar-refractivity contribution in [3.05, 3.63) is 46.8 Å². The van der Waals surface area contributed by atoms with Crippen LogP contribution in [0.25, 0.3) is 10.2 Å². The highest BCUT2D eigenvalue weighted by atomic mass is 32.2. The van der Waals surface area contributed by atoms with E-state index in [-0.39, 0.29) is 6.54 Å². The molecule has 0 saturated carbocycles. The van der Waals surface area contributed by atoms with E-state index in [1.165, 1.54) is 18.4 Å². The SMILES string of the molecule is CCSc1cccc(C(=O)N=c2sc3c(OC)ccc(OC)c3n2CC(=O)OC)c1. The van der Waals surface area contributed by atoms with Crippen LogP contribution >= 0.6 is 23.1 Å². The van der Waals surface area contributed by atoms with Gasteiger partial charge in [0, 0.05) is 10.5 Å². The Hall–Kier alpha value is -2.78. The number of fused-ring (bicyclic) bond motifs is 1. The van der Waals surface area contributed by atoms with E-state index >= 15 is 0 Å². The molecule has 1 heterocycles. The normalized spacial score (nSPS) is 11.5. The Balaban J connectivity index is 2.21. The van der Waals surface area contributed by atoms with Crippen molar-refractivity contribution in [2.75, 3.05) is 27.1 Å². The Bertz CT molecular complexity index is 1150. The fraction of sp³-hybridized carbons (Fsp3) is 0.286. The summed E-state index contributed by atoms with van der Waals surface area (Å²) in [6, 6.07) is 10.9. The summed E-state index contributed by atoms with van der Waals surface area (Å²) in [5.74, 6) is 1.20. The standard InChI is InChI=1S/C21H22N2O5S2/c1-5-29-14-8-6-7-13(11-14)20(25)22-21-23(12-17(24)28-4)18-15(26-2)9-10-16(27-3)19(18)30-21/h6-11H,5,12H2,1-4H3. The van der Waals surface area contributed by atoms with Crippen LogP contribution in [0.2, 0.25) is 0 Å². The number of carbonyl (C=O) groups excluding carboxylic acids is 2. The molecule has 0 radical (unpaired) electrons. The number of methoxy groups -OCH3 is 3. The molecular formula is C21H22N2O5S2. The van der Waals surface area contributed by atoms with Gasteiger partial charge in [-0.2, -0.15) is 4.99 Å². The van der Waals surface area contributed by atoms with Gasteiger partial charge in [0.2, 0.25) is 0 Å². The third-order valence-corrected chi connectivity index (χ3v) is 6.27. The molecule has 1 amide bonds. The molecule has 9 heteroatoms. The number of nitrogens with zero attached hydrogens (tertiary/aromatic N) is 2. The lowest BCUT2D eigenvalue weighted by Gasteiger charge is -2.09. The number of thiazole rings is 1. The molecule has 0 spiro atoms. The number of thioether (sulfide) groups is 1. The minimum absolute atomic E-state index is 0.113. The van der Waals surface area contributed by atoms with Crippen molar-refractivity contribution in [3.63, 3.8) is 0 Å². The lowest BCUT2D eigenvalue weighted by atomic mass is 10.2. The number of benzene rings is 2. The van der Waals surface area contributed by atoms with Crippen molar-refractivity contribution in [1.29, 1.82) is 0 Å². The Morgan fingerprint density at radius 1 is 1.10 bits per heavy atom. The number of amides is 1. The molecule has 0 unspecified atom stereocenters. The molecule has 0 bridgehead atoms. The zero-order chi connectivity index (χ0) is 21.7. The molecule has 3 rings (SSSR count). The van der Waals surface area contributed by atoms with Crippen molar-refractivity contribution >= 4 is 45.2 Å². The first-order chi connectivity index (χ1) is 14.5. The Kier molecular flexibility index (Phi) is 7.17. The first-order valence-electron chi connectivity index (χ1n) is 9.15. The first kappa shape index (κ1) is 21.9. The smallest absolute Gasteiger partial charge is 0.325 e. The van der Waals surface area contributed by atoms with Gasteiger partial charge in [-0.05, 0) is 36.1 Å². The molecule has 0 saturated heterocycles. The number of hydrogen-bond acceptors (Lipinski definition) is 7. The monoisotopic (exact) mass is 446 g/mol. The van der Waals surface area contributed by atoms with E-state index in [4.69, 9.17) is 14.2 Å². The zero-order valence-electron chi connectivity index (χ0n) is 17.1. The van der Waals surface area contributed by atoms with Crippen LogP contribution in [0.5, 0.6) is 11.5 Å². The molecule has 7 nitrogen and oxygen atoms in total. The minimum atomic E-state index is -0.463. The molecule has 2 aromatic carbocycles. The van der Waals surface area contributed by atoms with E-state index < -0.39 is 11.9 Å². The van der Waals surface area contributed by atoms with Gasteiger partial charge in [-0.25, -0.2) is 0 Å². The van der Waals surface area contributed by atoms with Crippen LogP contribution in [0.4, 0.5) is 0 Å². The highest BCUT2D eigenvalue weighted by Gasteiger charge is 2.19. The molecule has 0 N–H and O–H groups in total. The number of aromatic nitrogens is 1. The summed E-state index contributed by atoms with van der Waals surface area (Å²) in [5.41, 5.74) is 1.10. The van der Waals surface area contributed by atoms with Crippen LogP contribution < -0.4 is 14.3 Å². The van der Waals surface area contributed by atoms with Gasteiger partial charge in [-0.3, -0.25) is 9.59 Å². The maximum Gasteiger partial charge on any atom is 0.325 e. The average Bonchev–Trinajstić information content (AvgIpc) is 3.11. The van der Waals surface area contributed by atoms with Gasteiger partial charge in [0.05, 0.1) is 21.3 Å². The lowest BCUT2D eigenvalue weighted by Crippen LogP contribution is -2.22. The van der Waals surface area contributed by atoms with Crippen molar-refractivity contribution in [3.8, 4) is 11.5 Å². The number of esters is 1. The average molecular weight is 447 g/mol. The van der Waals surface area contributed by atoms with E-state index in [0.29, 0.717) is 27.4 Å². The summed E-state index contributed by atoms with van der Waals surface area (Å²) in [4.78, 5) is 30.6. The number of hydrogen-bond donors (Lipinski definition) is 0. The van der Waals surface area contributed by atoms with Gasteiger partial charge in [-0.15, -0.1) is 11.8 Å². The summed E-state index contributed by atoms with van der Waals surface area (Å²) >= 11 is 2.90. The van der Waals surface area contributed by atoms with E-state index in [1.54, 1.807) is 48.7 Å². The Labute approximate surface area is 182 Å². The predicted molar refractivity (Wildman–Crippen MR) is 118 cm³/mol. The molecule has 158 valence electrons. The second-order valence-corrected chi connectivity index (χ2v) is 8.39. The zero-order valence-corrected chi connectivity index (χ0v) is 18.8. The highest BCUT2D eigenvalue weighted by molar-refractivity contribution is 7.99. The van der Waals surface area contributed by atoms with E-state index in [9.17, 15) is 9.59 Å². The summed E-state index contributed by atoms with van der Waals surface area (Å²) in [7, 11) is 4.42. The number of ether oxygens (including phenoxy) is 3. The van der Waals surface area contributed by atoms with Crippen LogP contribution in [-0.2, 0) is 16.1 Å². The first-order valence-corrected chi connectivity index (χ1v) is 11.0. The van der Waals surface area contributed by atoms with Crippen molar-refractivity contribution < 1.29 is 23.8 Å². The maximum absolute atomic E-state index is 12.9. The Morgan fingerprint density at radius 2 is 1.83 bits per heavy atom. The quantitative estimate of drug-likeness (QED) is 0.406. The molecule has 0 atom stereocenters. The highest BCUT2D eigenvalue weighted by Crippen LogP contribution is 2.35. The molecular weight excluding hydrogens is 424 g/mol. The van der Waals surface area contributed by atoms with Crippen molar-refractivity contribution in [1.82, 2.24) is 4.57 Å². The van der Waals surface area contributed by atoms with E-state index in [0.717, 1.165) is 15.3 Å². The fourth-order valence-electron chi connectivity index (χ4n) is 2.92. The molecule has 30 heavy (non-hydrogen) atoms. The van der Waals surface area contributed by atoms with Gasteiger partial charge in [0.25, 0.3) is 5.91 Å². The summed E-state index contributed by atoms with van der Waals surface area (Å²) in [6.07, 6.45) is 0. The largest absolute Gasteiger partial charge is 0.495 e. The second kappa shape index (κ2) is 9.82. The molecule has 1 aromatic heterocycles. The third-order valence-electron chi connectivity index (χ3n) is 4.30. The molecule has 0 aliphatic carbocycles. The van der Waals surface area contributed by atoms with Crippen LogP contribution in [0, 0.1) is 0 Å². The van der Waals surface area contributed by atoms with Gasteiger partial charge < -0.3 is 18.8 Å². The molecule has 0 aliphatic rings. The number of carbonyl (C=O) groups is 2. The number of rotatable bonds is 7. The predicted octanol–water partition coefficient (Wildman–Crippen LogP) is 3.75. The van der Waals surface area contributed by atoms with Gasteiger partial charge >= 0.3 is 5.97 Å². The molecule has 3 aromatic rings. The summed E-state index contributed by atoms with van der Waals surface area (Å²) < 4.78 is 18.1. The Morgan fingerprint density at radius 3 is 2.50 bits per heavy atom. The fourth-order valence-corrected chi connectivity index (χ4v) is 4.77. The summed E-state index contributed by atoms with van der Waals surface area (Å²) in [6.45, 7) is 1.94. The van der Waals surface area contributed by atoms with Crippen LogP contribution in [-0.4, -0.2) is 43.5 Å². The van der Waals surface area contributed by atoms with E-state index in [2.05, 4.69) is 11.9 Å². The van der Waals surface area contributed by atoms with Gasteiger partial charge in [0.1, 0.15) is 28.3 Å². The molecule has 0 fully saturated rings. The van der Waals surface area contributed by atoms with Crippen LogP contribution in [0.1, 0.15) is 17.3 Å². The van der Waals surface area contributed by atoms with Gasteiger partial charge in [-0.1, -0.05) is 24.3 Å². The topological polar surface area (TPSA) is 79.1 Å². The van der Waals surface area contributed by atoms with Crippen LogP contribution in [0.15, 0.2) is 46.3 Å². The summed E-state index contributed by atoms with van der Waals surface area (Å²) in [5, 5.41) is 0. The van der Waals surface area contributed by atoms with Crippen molar-refractivity contribution in [2.24, 2.45) is 4.99 Å². The van der Waals surface area contributed by atoms with Gasteiger partial charge in [0.15, 0.2) is 4.80 Å². The van der Waals surface area contributed by atoms with E-state index in [1.807, 2.05) is 18.2 Å². The molecule has 0 aliphatic heterocycles. The third kappa shape index (κ3) is 4.52.